The molecule has 0 fully saturated rings. The zero-order chi connectivity index (χ0) is 17.8. The third kappa shape index (κ3) is 3.68. The van der Waals surface area contributed by atoms with Gasteiger partial charge in [-0.15, -0.1) is 11.8 Å². The number of nitrogens with one attached hydrogen (secondary N) is 1. The second-order valence-electron chi connectivity index (χ2n) is 5.78. The van der Waals surface area contributed by atoms with E-state index in [1.54, 1.807) is 12.1 Å². The number of carbonyl (C=O) groups excluding carboxylic acids is 1. The summed E-state index contributed by atoms with van der Waals surface area (Å²) in [6.07, 6.45) is 0. The fraction of sp³-hybridized carbons (Fsp3) is 0.0952. The van der Waals surface area contributed by atoms with E-state index in [2.05, 4.69) is 5.32 Å². The molecule has 0 aliphatic carbocycles. The van der Waals surface area contributed by atoms with E-state index >= 15 is 0 Å². The molecule has 0 saturated heterocycles. The number of amides is 1. The number of fused-ring (bicyclic) bond motifs is 1. The molecule has 1 aliphatic rings. The predicted molar refractivity (Wildman–Crippen MR) is 103 cm³/mol. The summed E-state index contributed by atoms with van der Waals surface area (Å²) in [6.45, 7) is 0.212. The lowest BCUT2D eigenvalue weighted by molar-refractivity contribution is -0.115. The van der Waals surface area contributed by atoms with Crippen molar-refractivity contribution in [1.82, 2.24) is 0 Å². The molecular formula is C21H17NO3S. The van der Waals surface area contributed by atoms with Gasteiger partial charge in [-0.25, -0.2) is 0 Å². The summed E-state index contributed by atoms with van der Waals surface area (Å²) in [5, 5.41) is 2.64. The first kappa shape index (κ1) is 16.5. The Morgan fingerprint density at radius 3 is 2.35 bits per heavy atom. The van der Waals surface area contributed by atoms with Crippen LogP contribution >= 0.6 is 11.8 Å². The van der Waals surface area contributed by atoms with Crippen LogP contribution in [0, 0.1) is 0 Å². The van der Waals surface area contributed by atoms with Gasteiger partial charge in [0.2, 0.25) is 12.7 Å². The van der Waals surface area contributed by atoms with Crippen LogP contribution < -0.4 is 14.8 Å². The predicted octanol–water partition coefficient (Wildman–Crippen LogP) is 4.89. The van der Waals surface area contributed by atoms with E-state index in [0.717, 1.165) is 10.5 Å². The van der Waals surface area contributed by atoms with Crippen molar-refractivity contribution in [1.29, 1.82) is 0 Å². The summed E-state index contributed by atoms with van der Waals surface area (Å²) < 4.78 is 10.7. The molecule has 4 rings (SSSR count). The molecule has 1 heterocycles. The fourth-order valence-corrected chi connectivity index (χ4v) is 3.76. The van der Waals surface area contributed by atoms with Crippen LogP contribution in [0.15, 0.2) is 83.8 Å². The molecule has 26 heavy (non-hydrogen) atoms. The summed E-state index contributed by atoms with van der Waals surface area (Å²) in [7, 11) is 0. The highest BCUT2D eigenvalue weighted by molar-refractivity contribution is 8.00. The highest BCUT2D eigenvalue weighted by Gasteiger charge is 2.23. The van der Waals surface area contributed by atoms with Gasteiger partial charge in [0.05, 0.1) is 0 Å². The maximum absolute atomic E-state index is 13.0. The van der Waals surface area contributed by atoms with Gasteiger partial charge < -0.3 is 14.8 Å². The molecule has 1 N–H and O–H groups in total. The largest absolute Gasteiger partial charge is 0.454 e. The van der Waals surface area contributed by atoms with Gasteiger partial charge in [0, 0.05) is 16.6 Å². The van der Waals surface area contributed by atoms with Crippen molar-refractivity contribution >= 4 is 23.4 Å². The molecule has 0 spiro atoms. The minimum atomic E-state index is -0.357. The third-order valence-electron chi connectivity index (χ3n) is 3.98. The highest BCUT2D eigenvalue weighted by Crippen LogP contribution is 2.38. The molecule has 130 valence electrons. The number of rotatable bonds is 5. The van der Waals surface area contributed by atoms with Crippen LogP contribution in [0.1, 0.15) is 10.8 Å². The van der Waals surface area contributed by atoms with E-state index in [-0.39, 0.29) is 18.0 Å². The van der Waals surface area contributed by atoms with E-state index in [9.17, 15) is 4.79 Å². The lowest BCUT2D eigenvalue weighted by Crippen LogP contribution is -2.19. The lowest BCUT2D eigenvalue weighted by atomic mass is 10.1. The summed E-state index contributed by atoms with van der Waals surface area (Å²) in [6, 6.07) is 25.1. The Morgan fingerprint density at radius 1 is 0.885 bits per heavy atom. The number of carbonyl (C=O) groups is 1. The van der Waals surface area contributed by atoms with Crippen molar-refractivity contribution in [2.75, 3.05) is 12.1 Å². The van der Waals surface area contributed by atoms with Crippen molar-refractivity contribution < 1.29 is 14.3 Å². The van der Waals surface area contributed by atoms with Crippen LogP contribution in [0.2, 0.25) is 0 Å². The van der Waals surface area contributed by atoms with Gasteiger partial charge in [0.15, 0.2) is 11.5 Å². The summed E-state index contributed by atoms with van der Waals surface area (Å²) in [4.78, 5) is 14.1. The minimum absolute atomic E-state index is 0.0797. The van der Waals surface area contributed by atoms with Crippen LogP contribution in [0.4, 0.5) is 5.69 Å². The van der Waals surface area contributed by atoms with Crippen molar-refractivity contribution in [2.45, 2.75) is 10.1 Å². The standard InChI is InChI=1S/C21H17NO3S/c23-21(22-16-11-12-18-19(13-16)25-14-24-18)20(15-7-3-1-4-8-15)26-17-9-5-2-6-10-17/h1-13,20H,14H2,(H,22,23). The zero-order valence-electron chi connectivity index (χ0n) is 13.9. The monoisotopic (exact) mass is 363 g/mol. The van der Waals surface area contributed by atoms with Gasteiger partial charge in [-0.2, -0.15) is 0 Å². The average Bonchev–Trinajstić information content (AvgIpc) is 3.15. The van der Waals surface area contributed by atoms with Gasteiger partial charge in [0.1, 0.15) is 5.25 Å². The minimum Gasteiger partial charge on any atom is -0.454 e. The van der Waals surface area contributed by atoms with Gasteiger partial charge in [-0.3, -0.25) is 4.79 Å². The number of anilines is 1. The Balaban J connectivity index is 1.57. The zero-order valence-corrected chi connectivity index (χ0v) is 14.7. The van der Waals surface area contributed by atoms with Crippen LogP contribution in [0.25, 0.3) is 0 Å². The first-order valence-electron chi connectivity index (χ1n) is 8.27. The summed E-state index contributed by atoms with van der Waals surface area (Å²) in [5.41, 5.74) is 1.65. The number of hydrogen-bond donors (Lipinski definition) is 1. The quantitative estimate of drug-likeness (QED) is 0.656. The second-order valence-corrected chi connectivity index (χ2v) is 6.96. The molecule has 3 aromatic rings. The molecule has 0 aromatic heterocycles. The summed E-state index contributed by atoms with van der Waals surface area (Å²) >= 11 is 1.53. The van der Waals surface area contributed by atoms with Gasteiger partial charge in [0.25, 0.3) is 0 Å². The third-order valence-corrected chi connectivity index (χ3v) is 5.24. The van der Waals surface area contributed by atoms with E-state index < -0.39 is 0 Å². The fourth-order valence-electron chi connectivity index (χ4n) is 2.72. The SMILES string of the molecule is O=C(Nc1ccc2c(c1)OCO2)C(Sc1ccccc1)c1ccccc1. The first-order valence-corrected chi connectivity index (χ1v) is 9.15. The maximum atomic E-state index is 13.0. The van der Waals surface area contributed by atoms with Crippen molar-refractivity contribution in [2.24, 2.45) is 0 Å². The topological polar surface area (TPSA) is 47.6 Å². The van der Waals surface area contributed by atoms with E-state index in [0.29, 0.717) is 17.2 Å². The first-order chi connectivity index (χ1) is 12.8. The van der Waals surface area contributed by atoms with E-state index in [4.69, 9.17) is 9.47 Å². The Kier molecular flexibility index (Phi) is 4.80. The molecule has 4 nitrogen and oxygen atoms in total. The Morgan fingerprint density at radius 2 is 1.58 bits per heavy atom. The second kappa shape index (κ2) is 7.54. The molecule has 0 saturated carbocycles. The van der Waals surface area contributed by atoms with Crippen LogP contribution in [0.5, 0.6) is 11.5 Å². The molecule has 0 bridgehead atoms. The van der Waals surface area contributed by atoms with Crippen LogP contribution in [0.3, 0.4) is 0 Å². The molecule has 3 aromatic carbocycles. The molecule has 1 atom stereocenters. The normalized spacial score (nSPS) is 13.2. The Bertz CT molecular complexity index is 900. The maximum Gasteiger partial charge on any atom is 0.242 e. The molecule has 0 radical (unpaired) electrons. The van der Waals surface area contributed by atoms with Crippen molar-refractivity contribution in [3.63, 3.8) is 0 Å². The van der Waals surface area contributed by atoms with Crippen molar-refractivity contribution in [3.05, 3.63) is 84.4 Å². The molecule has 5 heteroatoms. The van der Waals surface area contributed by atoms with E-state index in [1.165, 1.54) is 11.8 Å². The Labute approximate surface area is 156 Å². The lowest BCUT2D eigenvalue weighted by Gasteiger charge is -2.17. The van der Waals surface area contributed by atoms with Gasteiger partial charge in [-0.1, -0.05) is 48.5 Å². The number of hydrogen-bond acceptors (Lipinski definition) is 4. The summed E-state index contributed by atoms with van der Waals surface area (Å²) in [5.74, 6) is 1.26. The molecule has 1 amide bonds. The molecular weight excluding hydrogens is 346 g/mol. The van der Waals surface area contributed by atoms with Crippen LogP contribution in [-0.4, -0.2) is 12.7 Å². The molecule has 1 aliphatic heterocycles. The van der Waals surface area contributed by atoms with E-state index in [1.807, 2.05) is 66.7 Å². The van der Waals surface area contributed by atoms with Crippen LogP contribution in [-0.2, 0) is 4.79 Å². The van der Waals surface area contributed by atoms with Crippen molar-refractivity contribution in [3.8, 4) is 11.5 Å². The van der Waals surface area contributed by atoms with Gasteiger partial charge in [-0.05, 0) is 29.8 Å². The Hall–Kier alpha value is -2.92. The molecule has 1 unspecified atom stereocenters. The smallest absolute Gasteiger partial charge is 0.242 e. The van der Waals surface area contributed by atoms with Gasteiger partial charge >= 0.3 is 0 Å². The highest BCUT2D eigenvalue weighted by atomic mass is 32.2. The number of thioether (sulfide) groups is 1. The number of benzene rings is 3. The average molecular weight is 363 g/mol. The number of ether oxygens (including phenoxy) is 2.